The van der Waals surface area contributed by atoms with Crippen LogP contribution in [0.4, 0.5) is 17.1 Å². The second kappa shape index (κ2) is 9.16. The van der Waals surface area contributed by atoms with E-state index in [1.54, 1.807) is 18.1 Å². The summed E-state index contributed by atoms with van der Waals surface area (Å²) < 4.78 is 10.9. The Morgan fingerprint density at radius 2 is 1.94 bits per heavy atom. The van der Waals surface area contributed by atoms with E-state index < -0.39 is 5.92 Å². The monoisotopic (exact) mass is 443 g/mol. The Kier molecular flexibility index (Phi) is 6.34. The summed E-state index contributed by atoms with van der Waals surface area (Å²) in [7, 11) is 1.57. The first-order valence-corrected chi connectivity index (χ1v) is 10.7. The fraction of sp³-hybridized carbons (Fsp3) is 0.391. The number of carbonyl (C=O) groups excluding carboxylic acids is 2. The van der Waals surface area contributed by atoms with Gasteiger partial charge in [-0.1, -0.05) is 17.7 Å². The average molecular weight is 444 g/mol. The van der Waals surface area contributed by atoms with E-state index in [0.717, 1.165) is 24.3 Å². The predicted molar refractivity (Wildman–Crippen MR) is 121 cm³/mol. The summed E-state index contributed by atoms with van der Waals surface area (Å²) in [6.45, 7) is 5.03. The molecule has 0 aromatic heterocycles. The minimum Gasteiger partial charge on any atom is -0.495 e. The lowest BCUT2D eigenvalue weighted by atomic mass is 10.1. The van der Waals surface area contributed by atoms with E-state index in [-0.39, 0.29) is 18.2 Å². The van der Waals surface area contributed by atoms with Crippen LogP contribution in [-0.4, -0.2) is 51.8 Å². The van der Waals surface area contributed by atoms with Gasteiger partial charge in [-0.3, -0.25) is 9.59 Å². The molecule has 0 spiro atoms. The zero-order valence-electron chi connectivity index (χ0n) is 17.7. The van der Waals surface area contributed by atoms with Crippen molar-refractivity contribution in [2.75, 3.05) is 55.1 Å². The van der Waals surface area contributed by atoms with E-state index in [0.29, 0.717) is 41.9 Å². The van der Waals surface area contributed by atoms with Crippen LogP contribution < -0.4 is 19.9 Å². The van der Waals surface area contributed by atoms with Crippen LogP contribution in [0, 0.1) is 12.8 Å². The molecule has 0 radical (unpaired) electrons. The number of halogens is 1. The Balaban J connectivity index is 1.52. The highest BCUT2D eigenvalue weighted by atomic mass is 35.5. The summed E-state index contributed by atoms with van der Waals surface area (Å²) in [5, 5.41) is 3.55. The summed E-state index contributed by atoms with van der Waals surface area (Å²) in [6, 6.07) is 11.2. The van der Waals surface area contributed by atoms with Gasteiger partial charge in [-0.2, -0.15) is 0 Å². The highest BCUT2D eigenvalue weighted by Gasteiger charge is 2.36. The van der Waals surface area contributed by atoms with Crippen molar-refractivity contribution in [3.63, 3.8) is 0 Å². The summed E-state index contributed by atoms with van der Waals surface area (Å²) in [5.74, 6) is -0.138. The number of ether oxygens (including phenoxy) is 2. The normalized spacial score (nSPS) is 18.9. The van der Waals surface area contributed by atoms with E-state index in [4.69, 9.17) is 21.1 Å². The lowest BCUT2D eigenvalue weighted by Gasteiger charge is -2.30. The summed E-state index contributed by atoms with van der Waals surface area (Å²) >= 11 is 6.20. The highest BCUT2D eigenvalue weighted by molar-refractivity contribution is 6.31. The molecule has 2 saturated heterocycles. The Morgan fingerprint density at radius 1 is 1.16 bits per heavy atom. The van der Waals surface area contributed by atoms with Gasteiger partial charge in [0.25, 0.3) is 0 Å². The smallest absolute Gasteiger partial charge is 0.229 e. The molecule has 1 unspecified atom stereocenters. The van der Waals surface area contributed by atoms with E-state index in [1.165, 1.54) is 0 Å². The third kappa shape index (κ3) is 4.62. The fourth-order valence-corrected chi connectivity index (χ4v) is 4.22. The number of benzene rings is 2. The maximum atomic E-state index is 13.1. The van der Waals surface area contributed by atoms with Crippen molar-refractivity contribution in [2.24, 2.45) is 5.92 Å². The van der Waals surface area contributed by atoms with Crippen molar-refractivity contribution in [1.29, 1.82) is 0 Å². The molecule has 2 heterocycles. The average Bonchev–Trinajstić information content (AvgIpc) is 3.16. The summed E-state index contributed by atoms with van der Waals surface area (Å²) in [5.41, 5.74) is 3.27. The van der Waals surface area contributed by atoms with Gasteiger partial charge in [0.15, 0.2) is 0 Å². The Morgan fingerprint density at radius 3 is 2.68 bits per heavy atom. The van der Waals surface area contributed by atoms with E-state index in [9.17, 15) is 9.59 Å². The number of hydrogen-bond donors (Lipinski definition) is 1. The minimum absolute atomic E-state index is 0.0939. The van der Waals surface area contributed by atoms with Crippen LogP contribution in [0.15, 0.2) is 36.4 Å². The number of carbonyl (C=O) groups is 2. The first-order valence-electron chi connectivity index (χ1n) is 10.3. The second-order valence-electron chi connectivity index (χ2n) is 7.83. The molecule has 0 aliphatic carbocycles. The van der Waals surface area contributed by atoms with Crippen LogP contribution in [0.3, 0.4) is 0 Å². The van der Waals surface area contributed by atoms with Crippen LogP contribution in [0.5, 0.6) is 5.75 Å². The number of anilines is 3. The molecular weight excluding hydrogens is 418 g/mol. The second-order valence-corrected chi connectivity index (χ2v) is 8.27. The largest absolute Gasteiger partial charge is 0.495 e. The van der Waals surface area contributed by atoms with Crippen molar-refractivity contribution in [3.05, 3.63) is 47.0 Å². The molecule has 164 valence electrons. The molecule has 4 rings (SSSR count). The van der Waals surface area contributed by atoms with Crippen molar-refractivity contribution in [1.82, 2.24) is 0 Å². The van der Waals surface area contributed by atoms with Crippen molar-refractivity contribution in [2.45, 2.75) is 13.3 Å². The fourth-order valence-electron chi connectivity index (χ4n) is 4.05. The molecule has 1 N–H and O–H groups in total. The molecule has 7 nitrogen and oxygen atoms in total. The zero-order valence-corrected chi connectivity index (χ0v) is 18.4. The van der Waals surface area contributed by atoms with Gasteiger partial charge in [0, 0.05) is 31.1 Å². The van der Waals surface area contributed by atoms with Gasteiger partial charge in [0.1, 0.15) is 5.75 Å². The van der Waals surface area contributed by atoms with Gasteiger partial charge in [-0.05, 0) is 42.8 Å². The molecule has 2 aliphatic heterocycles. The maximum absolute atomic E-state index is 13.1. The van der Waals surface area contributed by atoms with Gasteiger partial charge in [-0.25, -0.2) is 0 Å². The minimum atomic E-state index is -0.464. The van der Waals surface area contributed by atoms with E-state index in [2.05, 4.69) is 10.2 Å². The molecule has 0 saturated carbocycles. The quantitative estimate of drug-likeness (QED) is 0.766. The molecule has 2 aromatic carbocycles. The molecule has 1 atom stereocenters. The number of rotatable bonds is 5. The van der Waals surface area contributed by atoms with Gasteiger partial charge in [0.2, 0.25) is 11.8 Å². The molecule has 2 fully saturated rings. The number of methoxy groups -OCH3 is 1. The lowest BCUT2D eigenvalue weighted by molar-refractivity contribution is -0.122. The zero-order chi connectivity index (χ0) is 22.0. The Bertz CT molecular complexity index is 991. The number of amides is 2. The van der Waals surface area contributed by atoms with Crippen molar-refractivity contribution >= 4 is 40.5 Å². The SMILES string of the molecule is COc1ccc(C)cc1N1CC(C(=O)Nc2cc(Cl)ccc2N2CCOCC2)CC1=O. The van der Waals surface area contributed by atoms with Crippen LogP contribution in [0.25, 0.3) is 0 Å². The molecule has 8 heteroatoms. The topological polar surface area (TPSA) is 71.1 Å². The van der Waals surface area contributed by atoms with Gasteiger partial charge in [0.05, 0.1) is 43.3 Å². The molecule has 0 bridgehead atoms. The maximum Gasteiger partial charge on any atom is 0.229 e. The molecule has 2 amide bonds. The van der Waals surface area contributed by atoms with Gasteiger partial charge >= 0.3 is 0 Å². The summed E-state index contributed by atoms with van der Waals surface area (Å²) in [6.07, 6.45) is 0.149. The number of nitrogens with one attached hydrogen (secondary N) is 1. The van der Waals surface area contributed by atoms with Crippen molar-refractivity contribution in [3.8, 4) is 5.75 Å². The number of hydrogen-bond acceptors (Lipinski definition) is 5. The third-order valence-electron chi connectivity index (χ3n) is 5.69. The number of aryl methyl sites for hydroxylation is 1. The van der Waals surface area contributed by atoms with E-state index >= 15 is 0 Å². The number of nitrogens with zero attached hydrogens (tertiary/aromatic N) is 2. The third-order valence-corrected chi connectivity index (χ3v) is 5.92. The van der Waals surface area contributed by atoms with Gasteiger partial charge in [-0.15, -0.1) is 0 Å². The first-order chi connectivity index (χ1) is 15.0. The van der Waals surface area contributed by atoms with Crippen LogP contribution in [0.1, 0.15) is 12.0 Å². The highest BCUT2D eigenvalue weighted by Crippen LogP contribution is 2.35. The van der Waals surface area contributed by atoms with Crippen LogP contribution >= 0.6 is 11.6 Å². The summed E-state index contributed by atoms with van der Waals surface area (Å²) in [4.78, 5) is 29.6. The predicted octanol–water partition coefficient (Wildman–Crippen LogP) is 3.49. The number of morpholine rings is 1. The first kappa shape index (κ1) is 21.5. The lowest BCUT2D eigenvalue weighted by Crippen LogP contribution is -2.37. The van der Waals surface area contributed by atoms with Gasteiger partial charge < -0.3 is 24.6 Å². The molecule has 2 aliphatic rings. The standard InChI is InChI=1S/C23H26ClN3O4/c1-15-3-6-21(30-2)20(11-15)27-14-16(12-22(27)28)23(29)25-18-13-17(24)4-5-19(18)26-7-9-31-10-8-26/h3-6,11,13,16H,7-10,12,14H2,1-2H3,(H,25,29). The molecule has 2 aromatic rings. The van der Waals surface area contributed by atoms with Crippen molar-refractivity contribution < 1.29 is 19.1 Å². The molecule has 31 heavy (non-hydrogen) atoms. The van der Waals surface area contributed by atoms with Crippen LogP contribution in [0.2, 0.25) is 5.02 Å². The Labute approximate surface area is 186 Å². The van der Waals surface area contributed by atoms with E-state index in [1.807, 2.05) is 37.3 Å². The van der Waals surface area contributed by atoms with Crippen LogP contribution in [-0.2, 0) is 14.3 Å². The molecular formula is C23H26ClN3O4. The Hall–Kier alpha value is -2.77.